The third-order valence-electron chi connectivity index (χ3n) is 1.91. The second kappa shape index (κ2) is 3.02. The normalized spacial score (nSPS) is 20.4. The largest absolute Gasteiger partial charge is 0.368 e. The molecule has 0 bridgehead atoms. The van der Waals surface area contributed by atoms with E-state index < -0.39 is 5.54 Å². The Hall–Kier alpha value is -0.870. The molecular weight excluding hydrogens is 142 g/mol. The monoisotopic (exact) mass is 155 g/mol. The quantitative estimate of drug-likeness (QED) is 0.437. The lowest BCUT2D eigenvalue weighted by Gasteiger charge is -2.40. The molecule has 1 rings (SSSR count). The molecule has 0 aliphatic carbocycles. The zero-order valence-corrected chi connectivity index (χ0v) is 6.39. The molecule has 0 aromatic carbocycles. The van der Waals surface area contributed by atoms with Crippen LogP contribution in [0.25, 0.3) is 0 Å². The van der Waals surface area contributed by atoms with Gasteiger partial charge in [0.05, 0.1) is 0 Å². The highest BCUT2D eigenvalue weighted by atomic mass is 16.1. The molecule has 0 saturated carbocycles. The average molecular weight is 155 g/mol. The van der Waals surface area contributed by atoms with E-state index in [0.717, 1.165) is 0 Å². The van der Waals surface area contributed by atoms with Crippen molar-refractivity contribution in [2.75, 3.05) is 19.6 Å². The third kappa shape index (κ3) is 1.41. The van der Waals surface area contributed by atoms with Gasteiger partial charge in [0, 0.05) is 19.6 Å². The number of nitrogens with two attached hydrogens (primary N) is 1. The second-order valence-corrected chi connectivity index (χ2v) is 2.72. The standard InChI is InChI=1S/C7H13N3O/c1-2-3-10-7(6(8)11)4-9-5-7/h2,9-10H,1,3-5H2,(H2,8,11). The van der Waals surface area contributed by atoms with Crippen molar-refractivity contribution in [2.45, 2.75) is 5.54 Å². The molecule has 0 unspecified atom stereocenters. The zero-order valence-electron chi connectivity index (χ0n) is 6.39. The van der Waals surface area contributed by atoms with E-state index >= 15 is 0 Å². The molecule has 1 fully saturated rings. The maximum atomic E-state index is 10.9. The van der Waals surface area contributed by atoms with Crippen LogP contribution in [0.15, 0.2) is 12.7 Å². The summed E-state index contributed by atoms with van der Waals surface area (Å²) in [5.41, 5.74) is 4.68. The molecule has 0 atom stereocenters. The molecule has 1 aliphatic heterocycles. The topological polar surface area (TPSA) is 67.1 Å². The van der Waals surface area contributed by atoms with E-state index in [1.54, 1.807) is 6.08 Å². The number of amides is 1. The summed E-state index contributed by atoms with van der Waals surface area (Å²) < 4.78 is 0. The van der Waals surface area contributed by atoms with Gasteiger partial charge in [-0.1, -0.05) is 6.08 Å². The van der Waals surface area contributed by atoms with Crippen molar-refractivity contribution in [3.8, 4) is 0 Å². The van der Waals surface area contributed by atoms with Gasteiger partial charge in [0.25, 0.3) is 0 Å². The average Bonchev–Trinajstić information content (AvgIpc) is 1.85. The van der Waals surface area contributed by atoms with E-state index in [-0.39, 0.29) is 5.91 Å². The van der Waals surface area contributed by atoms with Crippen LogP contribution in [0.3, 0.4) is 0 Å². The molecule has 1 saturated heterocycles. The van der Waals surface area contributed by atoms with E-state index in [4.69, 9.17) is 5.73 Å². The fraction of sp³-hybridized carbons (Fsp3) is 0.571. The van der Waals surface area contributed by atoms with Crippen molar-refractivity contribution < 1.29 is 4.79 Å². The van der Waals surface area contributed by atoms with Gasteiger partial charge in [-0.05, 0) is 0 Å². The Morgan fingerprint density at radius 2 is 2.45 bits per heavy atom. The molecule has 0 spiro atoms. The summed E-state index contributed by atoms with van der Waals surface area (Å²) in [5, 5.41) is 6.02. The smallest absolute Gasteiger partial charge is 0.240 e. The Morgan fingerprint density at radius 3 is 2.73 bits per heavy atom. The SMILES string of the molecule is C=CCNC1(C(N)=O)CNC1. The van der Waals surface area contributed by atoms with Crippen molar-refractivity contribution in [3.05, 3.63) is 12.7 Å². The molecule has 62 valence electrons. The molecule has 4 N–H and O–H groups in total. The highest BCUT2D eigenvalue weighted by Gasteiger charge is 2.41. The van der Waals surface area contributed by atoms with E-state index in [0.29, 0.717) is 19.6 Å². The second-order valence-electron chi connectivity index (χ2n) is 2.72. The number of carbonyl (C=O) groups excluding carboxylic acids is 1. The predicted molar refractivity (Wildman–Crippen MR) is 43.0 cm³/mol. The number of primary amides is 1. The Labute approximate surface area is 65.8 Å². The van der Waals surface area contributed by atoms with Gasteiger partial charge < -0.3 is 11.1 Å². The minimum atomic E-state index is -0.520. The van der Waals surface area contributed by atoms with Gasteiger partial charge in [0.1, 0.15) is 5.54 Å². The predicted octanol–water partition coefficient (Wildman–Crippen LogP) is -1.41. The summed E-state index contributed by atoms with van der Waals surface area (Å²) in [4.78, 5) is 10.9. The maximum absolute atomic E-state index is 10.9. The summed E-state index contributed by atoms with van der Waals surface area (Å²) in [7, 11) is 0. The molecule has 4 heteroatoms. The first-order valence-corrected chi connectivity index (χ1v) is 3.58. The van der Waals surface area contributed by atoms with E-state index in [1.807, 2.05) is 0 Å². The van der Waals surface area contributed by atoms with Gasteiger partial charge >= 0.3 is 0 Å². The maximum Gasteiger partial charge on any atom is 0.240 e. The van der Waals surface area contributed by atoms with Crippen molar-refractivity contribution >= 4 is 5.91 Å². The van der Waals surface area contributed by atoms with Gasteiger partial charge in [-0.3, -0.25) is 10.1 Å². The van der Waals surface area contributed by atoms with Crippen LogP contribution in [0.1, 0.15) is 0 Å². The van der Waals surface area contributed by atoms with Crippen molar-refractivity contribution in [1.29, 1.82) is 0 Å². The van der Waals surface area contributed by atoms with Crippen LogP contribution in [0.2, 0.25) is 0 Å². The van der Waals surface area contributed by atoms with Crippen molar-refractivity contribution in [1.82, 2.24) is 10.6 Å². The minimum Gasteiger partial charge on any atom is -0.368 e. The lowest BCUT2D eigenvalue weighted by atomic mass is 9.91. The van der Waals surface area contributed by atoms with Crippen molar-refractivity contribution in [3.63, 3.8) is 0 Å². The molecular formula is C7H13N3O. The van der Waals surface area contributed by atoms with Gasteiger partial charge in [-0.15, -0.1) is 6.58 Å². The van der Waals surface area contributed by atoms with Crippen LogP contribution in [-0.4, -0.2) is 31.1 Å². The van der Waals surface area contributed by atoms with Crippen molar-refractivity contribution in [2.24, 2.45) is 5.73 Å². The molecule has 0 radical (unpaired) electrons. The number of nitrogens with one attached hydrogen (secondary N) is 2. The Balaban J connectivity index is 2.46. The third-order valence-corrected chi connectivity index (χ3v) is 1.91. The van der Waals surface area contributed by atoms with E-state index in [2.05, 4.69) is 17.2 Å². The lowest BCUT2D eigenvalue weighted by Crippen LogP contribution is -2.73. The first-order valence-electron chi connectivity index (χ1n) is 3.58. The highest BCUT2D eigenvalue weighted by Crippen LogP contribution is 2.08. The molecule has 11 heavy (non-hydrogen) atoms. The van der Waals surface area contributed by atoms with Crippen LogP contribution >= 0.6 is 0 Å². The minimum absolute atomic E-state index is 0.293. The summed E-state index contributed by atoms with van der Waals surface area (Å²) in [6, 6.07) is 0. The zero-order chi connectivity index (χ0) is 8.32. The lowest BCUT2D eigenvalue weighted by molar-refractivity contribution is -0.126. The first kappa shape index (κ1) is 8.23. The number of hydrogen-bond donors (Lipinski definition) is 3. The van der Waals surface area contributed by atoms with Crippen LogP contribution < -0.4 is 16.4 Å². The van der Waals surface area contributed by atoms with Gasteiger partial charge in [0.15, 0.2) is 0 Å². The Morgan fingerprint density at radius 1 is 1.82 bits per heavy atom. The summed E-state index contributed by atoms with van der Waals surface area (Å²) in [6.07, 6.45) is 1.71. The Bertz CT molecular complexity index is 175. The first-order chi connectivity index (χ1) is 5.21. The van der Waals surface area contributed by atoms with Gasteiger partial charge in [-0.25, -0.2) is 0 Å². The molecule has 0 aromatic rings. The summed E-state index contributed by atoms with van der Waals surface area (Å²) in [5.74, 6) is -0.293. The highest BCUT2D eigenvalue weighted by molar-refractivity contribution is 5.86. The summed E-state index contributed by atoms with van der Waals surface area (Å²) in [6.45, 7) is 5.40. The fourth-order valence-electron chi connectivity index (χ4n) is 1.03. The molecule has 1 amide bonds. The number of carbonyl (C=O) groups is 1. The van der Waals surface area contributed by atoms with Crippen LogP contribution in [-0.2, 0) is 4.79 Å². The van der Waals surface area contributed by atoms with Crippen LogP contribution in [0.4, 0.5) is 0 Å². The molecule has 1 aliphatic rings. The van der Waals surface area contributed by atoms with Gasteiger partial charge in [0.2, 0.25) is 5.91 Å². The molecule has 0 aromatic heterocycles. The van der Waals surface area contributed by atoms with Gasteiger partial charge in [-0.2, -0.15) is 0 Å². The number of hydrogen-bond acceptors (Lipinski definition) is 3. The molecule has 1 heterocycles. The number of rotatable bonds is 4. The van der Waals surface area contributed by atoms with E-state index in [1.165, 1.54) is 0 Å². The van der Waals surface area contributed by atoms with E-state index in [9.17, 15) is 4.79 Å². The molecule has 4 nitrogen and oxygen atoms in total. The summed E-state index contributed by atoms with van der Waals surface area (Å²) >= 11 is 0. The van der Waals surface area contributed by atoms with Crippen LogP contribution in [0, 0.1) is 0 Å². The van der Waals surface area contributed by atoms with Crippen LogP contribution in [0.5, 0.6) is 0 Å². The fourth-order valence-corrected chi connectivity index (χ4v) is 1.03. The Kier molecular flexibility index (Phi) is 2.26.